The SMILES string of the molecule is CNS(=O)(=O)c1ccc(NCCc2ccccc2F)cc1. The molecule has 0 saturated heterocycles. The number of hydrogen-bond donors (Lipinski definition) is 2. The molecule has 0 spiro atoms. The summed E-state index contributed by atoms with van der Waals surface area (Å²) in [5, 5.41) is 3.14. The Morgan fingerprint density at radius 2 is 1.71 bits per heavy atom. The lowest BCUT2D eigenvalue weighted by Crippen LogP contribution is -2.18. The molecule has 2 N–H and O–H groups in total. The van der Waals surface area contributed by atoms with Crippen molar-refractivity contribution >= 4 is 15.7 Å². The number of benzene rings is 2. The summed E-state index contributed by atoms with van der Waals surface area (Å²) in [6.45, 7) is 0.569. The lowest BCUT2D eigenvalue weighted by Gasteiger charge is -2.08. The molecule has 0 heterocycles. The number of halogens is 1. The molecule has 2 rings (SSSR count). The van der Waals surface area contributed by atoms with Crippen molar-refractivity contribution in [1.29, 1.82) is 0 Å². The average Bonchev–Trinajstić information content (AvgIpc) is 2.50. The van der Waals surface area contributed by atoms with Crippen molar-refractivity contribution in [3.05, 3.63) is 59.9 Å². The standard InChI is InChI=1S/C15H17FN2O2S/c1-17-21(19,20)14-8-6-13(7-9-14)18-11-10-12-4-2-3-5-15(12)16/h2-9,17-18H,10-11H2,1H3. The Balaban J connectivity index is 1.94. The quantitative estimate of drug-likeness (QED) is 0.861. The van der Waals surface area contributed by atoms with Crippen LogP contribution in [0.15, 0.2) is 53.4 Å². The molecule has 6 heteroatoms. The molecular weight excluding hydrogens is 291 g/mol. The Hall–Kier alpha value is -1.92. The van der Waals surface area contributed by atoms with Gasteiger partial charge in [-0.25, -0.2) is 17.5 Å². The molecule has 0 saturated carbocycles. The predicted octanol–water partition coefficient (Wildman–Crippen LogP) is 2.39. The van der Waals surface area contributed by atoms with E-state index in [-0.39, 0.29) is 10.7 Å². The maximum Gasteiger partial charge on any atom is 0.240 e. The zero-order valence-electron chi connectivity index (χ0n) is 11.6. The van der Waals surface area contributed by atoms with Crippen LogP contribution in [0.1, 0.15) is 5.56 Å². The van der Waals surface area contributed by atoms with Gasteiger partial charge in [-0.05, 0) is 49.4 Å². The van der Waals surface area contributed by atoms with Crippen LogP contribution < -0.4 is 10.0 Å². The lowest BCUT2D eigenvalue weighted by atomic mass is 10.1. The molecule has 112 valence electrons. The fourth-order valence-electron chi connectivity index (χ4n) is 1.91. The van der Waals surface area contributed by atoms with Gasteiger partial charge >= 0.3 is 0 Å². The highest BCUT2D eigenvalue weighted by Gasteiger charge is 2.10. The van der Waals surface area contributed by atoms with E-state index in [0.717, 1.165) is 5.69 Å². The number of rotatable bonds is 6. The molecule has 0 atom stereocenters. The van der Waals surface area contributed by atoms with Gasteiger partial charge in [0.25, 0.3) is 0 Å². The first-order valence-corrected chi connectivity index (χ1v) is 8.02. The zero-order chi connectivity index (χ0) is 15.3. The summed E-state index contributed by atoms with van der Waals surface area (Å²) in [6.07, 6.45) is 0.559. The summed E-state index contributed by atoms with van der Waals surface area (Å²) < 4.78 is 38.8. The van der Waals surface area contributed by atoms with Gasteiger partial charge in [-0.15, -0.1) is 0 Å². The average molecular weight is 308 g/mol. The molecule has 2 aromatic rings. The van der Waals surface area contributed by atoms with Crippen LogP contribution in [0.25, 0.3) is 0 Å². The minimum absolute atomic E-state index is 0.213. The van der Waals surface area contributed by atoms with E-state index in [1.165, 1.54) is 25.2 Å². The summed E-state index contributed by atoms with van der Waals surface area (Å²) in [7, 11) is -2.04. The van der Waals surface area contributed by atoms with E-state index in [1.807, 2.05) is 0 Å². The molecule has 0 bridgehead atoms. The fourth-order valence-corrected chi connectivity index (χ4v) is 2.64. The van der Waals surface area contributed by atoms with Gasteiger partial charge in [-0.1, -0.05) is 18.2 Å². The van der Waals surface area contributed by atoms with E-state index in [4.69, 9.17) is 0 Å². The fraction of sp³-hybridized carbons (Fsp3) is 0.200. The molecule has 0 aliphatic rings. The monoisotopic (exact) mass is 308 g/mol. The predicted molar refractivity (Wildman–Crippen MR) is 81.3 cm³/mol. The Bertz CT molecular complexity index is 700. The zero-order valence-corrected chi connectivity index (χ0v) is 12.5. The molecule has 0 aromatic heterocycles. The summed E-state index contributed by atoms with van der Waals surface area (Å²) in [4.78, 5) is 0.213. The van der Waals surface area contributed by atoms with Crippen LogP contribution in [0.5, 0.6) is 0 Å². The number of sulfonamides is 1. The van der Waals surface area contributed by atoms with Crippen LogP contribution in [0, 0.1) is 5.82 Å². The van der Waals surface area contributed by atoms with Crippen LogP contribution in [0.2, 0.25) is 0 Å². The van der Waals surface area contributed by atoms with E-state index < -0.39 is 10.0 Å². The lowest BCUT2D eigenvalue weighted by molar-refractivity contribution is 0.588. The first-order valence-electron chi connectivity index (χ1n) is 6.54. The van der Waals surface area contributed by atoms with Gasteiger partial charge in [0, 0.05) is 12.2 Å². The summed E-state index contributed by atoms with van der Waals surface area (Å²) in [5.41, 5.74) is 1.45. The molecule has 0 aliphatic heterocycles. The van der Waals surface area contributed by atoms with Crippen LogP contribution in [0.3, 0.4) is 0 Å². The van der Waals surface area contributed by atoms with Gasteiger partial charge in [0.05, 0.1) is 4.90 Å². The van der Waals surface area contributed by atoms with Gasteiger partial charge in [0.15, 0.2) is 0 Å². The van der Waals surface area contributed by atoms with E-state index in [0.29, 0.717) is 18.5 Å². The first kappa shape index (κ1) is 15.5. The van der Waals surface area contributed by atoms with Crippen molar-refractivity contribution in [3.63, 3.8) is 0 Å². The van der Waals surface area contributed by atoms with Crippen molar-refractivity contribution in [2.75, 3.05) is 18.9 Å². The molecule has 4 nitrogen and oxygen atoms in total. The van der Waals surface area contributed by atoms with Gasteiger partial charge in [-0.3, -0.25) is 0 Å². The number of anilines is 1. The maximum absolute atomic E-state index is 13.4. The highest BCUT2D eigenvalue weighted by molar-refractivity contribution is 7.89. The molecule has 0 radical (unpaired) electrons. The smallest absolute Gasteiger partial charge is 0.240 e. The van der Waals surface area contributed by atoms with Crippen LogP contribution >= 0.6 is 0 Å². The van der Waals surface area contributed by atoms with E-state index in [9.17, 15) is 12.8 Å². The van der Waals surface area contributed by atoms with Gasteiger partial charge < -0.3 is 5.32 Å². The van der Waals surface area contributed by atoms with Crippen molar-refractivity contribution in [2.45, 2.75) is 11.3 Å². The maximum atomic E-state index is 13.4. The Morgan fingerprint density at radius 1 is 1.05 bits per heavy atom. The largest absolute Gasteiger partial charge is 0.385 e. The molecule has 0 amide bonds. The molecule has 0 fully saturated rings. The second-order valence-electron chi connectivity index (χ2n) is 4.50. The summed E-state index contributed by atoms with van der Waals surface area (Å²) in [6, 6.07) is 13.1. The number of hydrogen-bond acceptors (Lipinski definition) is 3. The van der Waals surface area contributed by atoms with E-state index in [2.05, 4.69) is 10.0 Å². The Labute approximate surface area is 124 Å². The third-order valence-electron chi connectivity index (χ3n) is 3.11. The second kappa shape index (κ2) is 6.69. The third-order valence-corrected chi connectivity index (χ3v) is 4.54. The molecular formula is C15H17FN2O2S. The summed E-state index contributed by atoms with van der Waals surface area (Å²) >= 11 is 0. The van der Waals surface area contributed by atoms with Gasteiger partial charge in [0.1, 0.15) is 5.82 Å². The third kappa shape index (κ3) is 4.03. The number of nitrogens with one attached hydrogen (secondary N) is 2. The topological polar surface area (TPSA) is 58.2 Å². The highest BCUT2D eigenvalue weighted by atomic mass is 32.2. The van der Waals surface area contributed by atoms with Crippen molar-refractivity contribution in [2.24, 2.45) is 0 Å². The Kier molecular flexibility index (Phi) is 4.93. The first-order chi connectivity index (χ1) is 10.0. The second-order valence-corrected chi connectivity index (χ2v) is 6.39. The minimum Gasteiger partial charge on any atom is -0.385 e. The molecule has 21 heavy (non-hydrogen) atoms. The van der Waals surface area contributed by atoms with Gasteiger partial charge in [-0.2, -0.15) is 0 Å². The van der Waals surface area contributed by atoms with Crippen LogP contribution in [0.4, 0.5) is 10.1 Å². The van der Waals surface area contributed by atoms with Crippen molar-refractivity contribution < 1.29 is 12.8 Å². The van der Waals surface area contributed by atoms with Crippen molar-refractivity contribution in [3.8, 4) is 0 Å². The minimum atomic E-state index is -3.41. The van der Waals surface area contributed by atoms with Crippen LogP contribution in [-0.4, -0.2) is 22.0 Å². The van der Waals surface area contributed by atoms with Gasteiger partial charge in [0.2, 0.25) is 10.0 Å². The highest BCUT2D eigenvalue weighted by Crippen LogP contribution is 2.14. The van der Waals surface area contributed by atoms with E-state index in [1.54, 1.807) is 30.3 Å². The normalized spacial score (nSPS) is 11.3. The van der Waals surface area contributed by atoms with E-state index >= 15 is 0 Å². The Morgan fingerprint density at radius 3 is 2.33 bits per heavy atom. The molecule has 0 unspecified atom stereocenters. The van der Waals surface area contributed by atoms with Crippen LogP contribution in [-0.2, 0) is 16.4 Å². The summed E-state index contributed by atoms with van der Waals surface area (Å²) in [5.74, 6) is -0.213. The molecule has 2 aromatic carbocycles. The molecule has 0 aliphatic carbocycles. The van der Waals surface area contributed by atoms with Crippen molar-refractivity contribution in [1.82, 2.24) is 4.72 Å².